The molecular formula is C18H26N4O6S. The molecule has 0 aliphatic heterocycles. The van der Waals surface area contributed by atoms with Gasteiger partial charge in [0.2, 0.25) is 17.7 Å². The first-order valence-corrected chi connectivity index (χ1v) is 10.2. The molecule has 0 aliphatic rings. The zero-order valence-electron chi connectivity index (χ0n) is 16.0. The van der Waals surface area contributed by atoms with E-state index in [0.29, 0.717) is 17.7 Å². The maximum Gasteiger partial charge on any atom is 0.326 e. The van der Waals surface area contributed by atoms with E-state index in [4.69, 9.17) is 11.5 Å². The normalized spacial score (nSPS) is 13.7. The Kier molecular flexibility index (Phi) is 9.97. The third kappa shape index (κ3) is 8.83. The van der Waals surface area contributed by atoms with Crippen LogP contribution in [-0.4, -0.2) is 64.0 Å². The monoisotopic (exact) mass is 426 g/mol. The van der Waals surface area contributed by atoms with Gasteiger partial charge in [-0.3, -0.25) is 14.4 Å². The van der Waals surface area contributed by atoms with Gasteiger partial charge in [0, 0.05) is 6.42 Å². The SMILES string of the molecule is CSCC[C@H](N)C(=O)N[C@@H](CC(N)=O)C(=O)N[C@@H](Cc1ccc(O)cc1)C(=O)O. The van der Waals surface area contributed by atoms with Gasteiger partial charge in [0.05, 0.1) is 12.5 Å². The van der Waals surface area contributed by atoms with Gasteiger partial charge in [-0.15, -0.1) is 0 Å². The Balaban J connectivity index is 2.84. The third-order valence-corrected chi connectivity index (χ3v) is 4.64. The van der Waals surface area contributed by atoms with Crippen LogP contribution in [0.4, 0.5) is 0 Å². The second-order valence-corrected chi connectivity index (χ2v) is 7.38. The number of hydrogen-bond donors (Lipinski definition) is 6. The van der Waals surface area contributed by atoms with E-state index < -0.39 is 48.2 Å². The molecule has 8 N–H and O–H groups in total. The van der Waals surface area contributed by atoms with Crippen LogP contribution in [0.3, 0.4) is 0 Å². The summed E-state index contributed by atoms with van der Waals surface area (Å²) in [7, 11) is 0. The van der Waals surface area contributed by atoms with Gasteiger partial charge in [0.1, 0.15) is 17.8 Å². The van der Waals surface area contributed by atoms with Crippen LogP contribution in [0.2, 0.25) is 0 Å². The molecule has 0 radical (unpaired) electrons. The molecule has 160 valence electrons. The molecule has 0 aliphatic carbocycles. The number of carbonyl (C=O) groups excluding carboxylic acids is 3. The van der Waals surface area contributed by atoms with Crippen molar-refractivity contribution in [3.8, 4) is 5.75 Å². The summed E-state index contributed by atoms with van der Waals surface area (Å²) < 4.78 is 0. The number of amides is 3. The lowest BCUT2D eigenvalue weighted by Gasteiger charge is -2.22. The van der Waals surface area contributed by atoms with Crippen molar-refractivity contribution < 1.29 is 29.4 Å². The minimum atomic E-state index is -1.35. The Morgan fingerprint density at radius 2 is 1.66 bits per heavy atom. The lowest BCUT2D eigenvalue weighted by atomic mass is 10.0. The smallest absolute Gasteiger partial charge is 0.326 e. The van der Waals surface area contributed by atoms with Crippen LogP contribution < -0.4 is 22.1 Å². The number of phenolic OH excluding ortho intramolecular Hbond substituents is 1. The Hall–Kier alpha value is -2.79. The van der Waals surface area contributed by atoms with Crippen LogP contribution in [0.25, 0.3) is 0 Å². The van der Waals surface area contributed by atoms with Gasteiger partial charge in [-0.2, -0.15) is 11.8 Å². The highest BCUT2D eigenvalue weighted by molar-refractivity contribution is 7.98. The summed E-state index contributed by atoms with van der Waals surface area (Å²) in [4.78, 5) is 47.5. The second kappa shape index (κ2) is 11.9. The molecule has 0 bridgehead atoms. The maximum absolute atomic E-state index is 12.5. The van der Waals surface area contributed by atoms with Gasteiger partial charge in [-0.25, -0.2) is 4.79 Å². The Labute approximate surface area is 172 Å². The fraction of sp³-hybridized carbons (Fsp3) is 0.444. The number of carboxylic acids is 1. The molecule has 0 heterocycles. The predicted molar refractivity (Wildman–Crippen MR) is 108 cm³/mol. The summed E-state index contributed by atoms with van der Waals surface area (Å²) in [5.74, 6) is -2.98. The maximum atomic E-state index is 12.5. The highest BCUT2D eigenvalue weighted by atomic mass is 32.2. The van der Waals surface area contributed by atoms with Crippen molar-refractivity contribution in [2.75, 3.05) is 12.0 Å². The summed E-state index contributed by atoms with van der Waals surface area (Å²) in [5.41, 5.74) is 11.5. The van der Waals surface area contributed by atoms with Crippen molar-refractivity contribution in [3.63, 3.8) is 0 Å². The molecule has 11 heteroatoms. The van der Waals surface area contributed by atoms with E-state index in [1.807, 2.05) is 6.26 Å². The number of phenols is 1. The number of aliphatic carboxylic acids is 1. The average molecular weight is 426 g/mol. The van der Waals surface area contributed by atoms with Crippen molar-refractivity contribution in [1.29, 1.82) is 0 Å². The standard InChI is InChI=1S/C18H26N4O6S/c1-29-7-6-12(19)16(25)21-13(9-15(20)24)17(26)22-14(18(27)28)8-10-2-4-11(23)5-3-10/h2-5,12-14,23H,6-9,19H2,1H3,(H2,20,24)(H,21,25)(H,22,26)(H,27,28)/t12-,13-,14-/m0/s1. The molecular weight excluding hydrogens is 400 g/mol. The summed E-state index contributed by atoms with van der Waals surface area (Å²) >= 11 is 1.50. The highest BCUT2D eigenvalue weighted by Crippen LogP contribution is 2.12. The van der Waals surface area contributed by atoms with Gasteiger partial charge < -0.3 is 32.3 Å². The fourth-order valence-electron chi connectivity index (χ4n) is 2.41. The summed E-state index contributed by atoms with van der Waals surface area (Å²) in [6, 6.07) is 2.28. The van der Waals surface area contributed by atoms with E-state index in [0.717, 1.165) is 0 Å². The molecule has 3 amide bonds. The van der Waals surface area contributed by atoms with Crippen molar-refractivity contribution >= 4 is 35.5 Å². The van der Waals surface area contributed by atoms with E-state index in [-0.39, 0.29) is 12.2 Å². The molecule has 10 nitrogen and oxygen atoms in total. The molecule has 1 rings (SSSR count). The number of rotatable bonds is 12. The number of aromatic hydroxyl groups is 1. The Morgan fingerprint density at radius 1 is 1.07 bits per heavy atom. The van der Waals surface area contributed by atoms with Crippen molar-refractivity contribution in [1.82, 2.24) is 10.6 Å². The lowest BCUT2D eigenvalue weighted by molar-refractivity contribution is -0.142. The van der Waals surface area contributed by atoms with Crippen LogP contribution in [0.5, 0.6) is 5.75 Å². The van der Waals surface area contributed by atoms with Crippen LogP contribution in [-0.2, 0) is 25.6 Å². The minimum Gasteiger partial charge on any atom is -0.508 e. The molecule has 3 atom stereocenters. The lowest BCUT2D eigenvalue weighted by Crippen LogP contribution is -2.55. The van der Waals surface area contributed by atoms with E-state index >= 15 is 0 Å². The first-order chi connectivity index (χ1) is 13.6. The van der Waals surface area contributed by atoms with Gasteiger partial charge in [-0.05, 0) is 36.1 Å². The third-order valence-electron chi connectivity index (χ3n) is 4.00. The van der Waals surface area contributed by atoms with E-state index in [1.54, 1.807) is 0 Å². The molecule has 1 aromatic carbocycles. The molecule has 0 saturated heterocycles. The number of benzene rings is 1. The molecule has 0 saturated carbocycles. The van der Waals surface area contributed by atoms with Crippen molar-refractivity contribution in [2.24, 2.45) is 11.5 Å². The largest absolute Gasteiger partial charge is 0.508 e. The minimum absolute atomic E-state index is 0.0201. The summed E-state index contributed by atoms with van der Waals surface area (Å²) in [6.07, 6.45) is 1.66. The van der Waals surface area contributed by atoms with Crippen molar-refractivity contribution in [2.45, 2.75) is 37.4 Å². The number of carbonyl (C=O) groups is 4. The number of carboxylic acid groups (broad SMARTS) is 1. The zero-order chi connectivity index (χ0) is 22.0. The molecule has 0 aromatic heterocycles. The Morgan fingerprint density at radius 3 is 2.17 bits per heavy atom. The summed E-state index contributed by atoms with van der Waals surface area (Å²) in [6.45, 7) is 0. The van der Waals surface area contributed by atoms with Crippen LogP contribution >= 0.6 is 11.8 Å². The van der Waals surface area contributed by atoms with E-state index in [1.165, 1.54) is 36.0 Å². The summed E-state index contributed by atoms with van der Waals surface area (Å²) in [5, 5.41) is 23.4. The highest BCUT2D eigenvalue weighted by Gasteiger charge is 2.29. The zero-order valence-corrected chi connectivity index (χ0v) is 16.8. The Bertz CT molecular complexity index is 728. The van der Waals surface area contributed by atoms with Crippen LogP contribution in [0.15, 0.2) is 24.3 Å². The van der Waals surface area contributed by atoms with E-state index in [9.17, 15) is 29.4 Å². The quantitative estimate of drug-likeness (QED) is 0.244. The number of primary amides is 1. The fourth-order valence-corrected chi connectivity index (χ4v) is 2.89. The van der Waals surface area contributed by atoms with Gasteiger partial charge in [0.25, 0.3) is 0 Å². The molecule has 0 spiro atoms. The number of thioether (sulfide) groups is 1. The first-order valence-electron chi connectivity index (χ1n) is 8.78. The van der Waals surface area contributed by atoms with Gasteiger partial charge >= 0.3 is 5.97 Å². The van der Waals surface area contributed by atoms with Gasteiger partial charge in [0.15, 0.2) is 0 Å². The van der Waals surface area contributed by atoms with Gasteiger partial charge in [-0.1, -0.05) is 12.1 Å². The van der Waals surface area contributed by atoms with Crippen LogP contribution in [0, 0.1) is 0 Å². The predicted octanol–water partition coefficient (Wildman–Crippen LogP) is -1.06. The van der Waals surface area contributed by atoms with E-state index in [2.05, 4.69) is 10.6 Å². The topological polar surface area (TPSA) is 185 Å². The second-order valence-electron chi connectivity index (χ2n) is 6.39. The molecule has 1 aromatic rings. The molecule has 0 unspecified atom stereocenters. The van der Waals surface area contributed by atoms with Crippen molar-refractivity contribution in [3.05, 3.63) is 29.8 Å². The first kappa shape index (κ1) is 24.2. The molecule has 29 heavy (non-hydrogen) atoms. The number of hydrogen-bond acceptors (Lipinski definition) is 7. The molecule has 0 fully saturated rings. The average Bonchev–Trinajstić information content (AvgIpc) is 2.65. The number of nitrogens with two attached hydrogens (primary N) is 2. The van der Waals surface area contributed by atoms with Crippen LogP contribution in [0.1, 0.15) is 18.4 Å². The number of nitrogens with one attached hydrogen (secondary N) is 2.